The van der Waals surface area contributed by atoms with E-state index in [2.05, 4.69) is 9.71 Å². The fourth-order valence-electron chi connectivity index (χ4n) is 2.56. The Kier molecular flexibility index (Phi) is 3.85. The van der Waals surface area contributed by atoms with Gasteiger partial charge in [0.2, 0.25) is 5.89 Å². The number of fused-ring (bicyclic) bond motifs is 1. The molecule has 1 heterocycles. The number of nitrogens with two attached hydrogens (primary N) is 1. The van der Waals surface area contributed by atoms with Crippen molar-refractivity contribution in [2.45, 2.75) is 4.90 Å². The van der Waals surface area contributed by atoms with Crippen molar-refractivity contribution in [1.82, 2.24) is 4.98 Å². The van der Waals surface area contributed by atoms with E-state index >= 15 is 0 Å². The van der Waals surface area contributed by atoms with Gasteiger partial charge in [-0.15, -0.1) is 0 Å². The van der Waals surface area contributed by atoms with Gasteiger partial charge in [-0.1, -0.05) is 18.2 Å². The summed E-state index contributed by atoms with van der Waals surface area (Å²) in [4.78, 5) is 4.58. The Labute approximate surface area is 150 Å². The Morgan fingerprint density at radius 1 is 0.923 bits per heavy atom. The first kappa shape index (κ1) is 16.2. The summed E-state index contributed by atoms with van der Waals surface area (Å²) in [5.74, 6) is 0.485. The molecule has 3 N–H and O–H groups in total. The molecule has 0 amide bonds. The zero-order chi connectivity index (χ0) is 18.1. The second-order valence-electron chi connectivity index (χ2n) is 5.74. The smallest absolute Gasteiger partial charge is 0.261 e. The molecule has 0 aliphatic rings. The maximum absolute atomic E-state index is 12.5. The first-order valence-electron chi connectivity index (χ1n) is 7.86. The minimum absolute atomic E-state index is 0.136. The molecule has 0 saturated heterocycles. The number of hydrogen-bond acceptors (Lipinski definition) is 5. The van der Waals surface area contributed by atoms with E-state index in [0.29, 0.717) is 28.4 Å². The van der Waals surface area contributed by atoms with Gasteiger partial charge >= 0.3 is 0 Å². The van der Waals surface area contributed by atoms with Crippen LogP contribution in [0.15, 0.2) is 82.1 Å². The van der Waals surface area contributed by atoms with Crippen LogP contribution in [-0.2, 0) is 10.0 Å². The summed E-state index contributed by atoms with van der Waals surface area (Å²) in [6.45, 7) is 0. The number of oxazole rings is 1. The summed E-state index contributed by atoms with van der Waals surface area (Å²) in [7, 11) is -3.71. The van der Waals surface area contributed by atoms with Gasteiger partial charge in [-0.2, -0.15) is 0 Å². The number of hydrogen-bond donors (Lipinski definition) is 2. The lowest BCUT2D eigenvalue weighted by Crippen LogP contribution is -2.12. The monoisotopic (exact) mass is 365 g/mol. The molecule has 0 aliphatic heterocycles. The zero-order valence-corrected chi connectivity index (χ0v) is 14.4. The molecule has 1 aromatic heterocycles. The van der Waals surface area contributed by atoms with Crippen molar-refractivity contribution in [1.29, 1.82) is 0 Å². The first-order valence-corrected chi connectivity index (χ1v) is 9.34. The van der Waals surface area contributed by atoms with Crippen LogP contribution in [0.2, 0.25) is 0 Å². The highest BCUT2D eigenvalue weighted by Crippen LogP contribution is 2.27. The first-order chi connectivity index (χ1) is 12.5. The van der Waals surface area contributed by atoms with Crippen molar-refractivity contribution in [3.63, 3.8) is 0 Å². The van der Waals surface area contributed by atoms with E-state index < -0.39 is 10.0 Å². The van der Waals surface area contributed by atoms with Crippen LogP contribution in [0.1, 0.15) is 0 Å². The van der Waals surface area contributed by atoms with Crippen molar-refractivity contribution in [3.05, 3.63) is 72.8 Å². The molecule has 0 aliphatic carbocycles. The van der Waals surface area contributed by atoms with Crippen LogP contribution >= 0.6 is 0 Å². The molecule has 0 bridgehead atoms. The molecule has 0 atom stereocenters. The van der Waals surface area contributed by atoms with Crippen molar-refractivity contribution >= 4 is 32.5 Å². The third-order valence-electron chi connectivity index (χ3n) is 3.85. The van der Waals surface area contributed by atoms with E-state index in [-0.39, 0.29) is 4.90 Å². The van der Waals surface area contributed by atoms with Crippen LogP contribution in [0.5, 0.6) is 0 Å². The summed E-state index contributed by atoms with van der Waals surface area (Å²) in [6.07, 6.45) is 0. The normalized spacial score (nSPS) is 11.5. The summed E-state index contributed by atoms with van der Waals surface area (Å²) in [5.41, 5.74) is 8.52. The number of nitrogen functional groups attached to an aromatic ring is 1. The highest BCUT2D eigenvalue weighted by atomic mass is 32.2. The number of anilines is 2. The van der Waals surface area contributed by atoms with Gasteiger partial charge in [0.15, 0.2) is 5.58 Å². The number of benzene rings is 3. The van der Waals surface area contributed by atoms with Gasteiger partial charge in [-0.05, 0) is 54.6 Å². The minimum Gasteiger partial charge on any atom is -0.436 e. The highest BCUT2D eigenvalue weighted by molar-refractivity contribution is 7.92. The van der Waals surface area contributed by atoms with Crippen LogP contribution in [-0.4, -0.2) is 13.4 Å². The maximum atomic E-state index is 12.5. The van der Waals surface area contributed by atoms with Crippen LogP contribution in [0.4, 0.5) is 11.4 Å². The Morgan fingerprint density at radius 3 is 2.38 bits per heavy atom. The number of sulfonamides is 1. The summed E-state index contributed by atoms with van der Waals surface area (Å²) >= 11 is 0. The Hall–Kier alpha value is -3.32. The molecule has 130 valence electrons. The summed E-state index contributed by atoms with van der Waals surface area (Å²) in [6, 6.07) is 20.5. The Bertz CT molecular complexity index is 1170. The second-order valence-corrected chi connectivity index (χ2v) is 7.42. The van der Waals surface area contributed by atoms with Crippen LogP contribution < -0.4 is 10.5 Å². The van der Waals surface area contributed by atoms with Gasteiger partial charge in [0.25, 0.3) is 10.0 Å². The fraction of sp³-hybridized carbons (Fsp3) is 0. The van der Waals surface area contributed by atoms with E-state index in [9.17, 15) is 8.42 Å². The van der Waals surface area contributed by atoms with E-state index in [1.54, 1.807) is 30.3 Å². The molecule has 0 saturated carbocycles. The second kappa shape index (κ2) is 6.20. The van der Waals surface area contributed by atoms with Gasteiger partial charge in [0, 0.05) is 11.3 Å². The number of nitrogens with zero attached hydrogens (tertiary/aromatic N) is 1. The summed E-state index contributed by atoms with van der Waals surface area (Å²) in [5, 5.41) is 0. The van der Waals surface area contributed by atoms with Crippen molar-refractivity contribution in [3.8, 4) is 11.5 Å². The largest absolute Gasteiger partial charge is 0.436 e. The van der Waals surface area contributed by atoms with Crippen molar-refractivity contribution in [2.24, 2.45) is 0 Å². The highest BCUT2D eigenvalue weighted by Gasteiger charge is 2.15. The standard InChI is InChI=1S/C19H15N3O3S/c20-14-6-9-16(10-7-14)26(23,24)22-15-8-11-18-17(12-15)21-19(25-18)13-4-2-1-3-5-13/h1-12,22H,20H2. The van der Waals surface area contributed by atoms with E-state index in [1.165, 1.54) is 12.1 Å². The van der Waals surface area contributed by atoms with Gasteiger partial charge in [-0.25, -0.2) is 13.4 Å². The van der Waals surface area contributed by atoms with Crippen LogP contribution in [0.3, 0.4) is 0 Å². The lowest BCUT2D eigenvalue weighted by molar-refractivity contribution is 0.601. The van der Waals surface area contributed by atoms with E-state index in [0.717, 1.165) is 5.56 Å². The number of aromatic nitrogens is 1. The predicted molar refractivity (Wildman–Crippen MR) is 101 cm³/mol. The molecule has 0 spiro atoms. The fourth-order valence-corrected chi connectivity index (χ4v) is 3.61. The number of nitrogens with one attached hydrogen (secondary N) is 1. The minimum atomic E-state index is -3.71. The van der Waals surface area contributed by atoms with Crippen LogP contribution in [0.25, 0.3) is 22.6 Å². The molecule has 0 radical (unpaired) electrons. The van der Waals surface area contributed by atoms with Crippen molar-refractivity contribution in [2.75, 3.05) is 10.5 Å². The lowest BCUT2D eigenvalue weighted by Gasteiger charge is -2.08. The van der Waals surface area contributed by atoms with Gasteiger partial charge in [0.1, 0.15) is 5.52 Å². The predicted octanol–water partition coefficient (Wildman–Crippen LogP) is 3.88. The molecular formula is C19H15N3O3S. The van der Waals surface area contributed by atoms with E-state index in [4.69, 9.17) is 10.2 Å². The van der Waals surface area contributed by atoms with E-state index in [1.807, 2.05) is 30.3 Å². The average molecular weight is 365 g/mol. The molecular weight excluding hydrogens is 350 g/mol. The SMILES string of the molecule is Nc1ccc(S(=O)(=O)Nc2ccc3oc(-c4ccccc4)nc3c2)cc1. The van der Waals surface area contributed by atoms with Gasteiger partial charge < -0.3 is 10.2 Å². The van der Waals surface area contributed by atoms with Gasteiger partial charge in [0.05, 0.1) is 10.6 Å². The molecule has 3 aromatic carbocycles. The van der Waals surface area contributed by atoms with Gasteiger partial charge in [-0.3, -0.25) is 4.72 Å². The average Bonchev–Trinajstić information content (AvgIpc) is 3.06. The molecule has 0 fully saturated rings. The lowest BCUT2D eigenvalue weighted by atomic mass is 10.2. The maximum Gasteiger partial charge on any atom is 0.261 e. The Morgan fingerprint density at radius 2 is 1.65 bits per heavy atom. The molecule has 7 heteroatoms. The third-order valence-corrected chi connectivity index (χ3v) is 5.25. The molecule has 4 rings (SSSR count). The topological polar surface area (TPSA) is 98.2 Å². The molecule has 0 unspecified atom stereocenters. The molecule has 6 nitrogen and oxygen atoms in total. The van der Waals surface area contributed by atoms with Crippen LogP contribution in [0, 0.1) is 0 Å². The third kappa shape index (κ3) is 3.12. The van der Waals surface area contributed by atoms with Crippen molar-refractivity contribution < 1.29 is 12.8 Å². The zero-order valence-electron chi connectivity index (χ0n) is 13.6. The summed E-state index contributed by atoms with van der Waals surface area (Å²) < 4.78 is 33.2. The molecule has 4 aromatic rings. The number of rotatable bonds is 4. The quantitative estimate of drug-likeness (QED) is 0.535. The molecule has 26 heavy (non-hydrogen) atoms. The Balaban J connectivity index is 1.66.